The Kier molecular flexibility index (Phi) is 4.51. The van der Waals surface area contributed by atoms with Gasteiger partial charge in [-0.25, -0.2) is 4.98 Å². The standard InChI is InChI=1S/C14H17N3O4S/c1-10-5-11(2)7-12(6-10)17(4-3-14(18)19)22(20,21)13-8-15-9-16-13/h5-9H,3-4H2,1-2H3,(H,15,16)(H,18,19). The van der Waals surface area contributed by atoms with Gasteiger partial charge in [0.25, 0.3) is 10.0 Å². The molecule has 0 aliphatic carbocycles. The number of sulfonamides is 1. The maximum absolute atomic E-state index is 12.7. The van der Waals surface area contributed by atoms with Crippen LogP contribution in [0.25, 0.3) is 0 Å². The zero-order chi connectivity index (χ0) is 16.3. The molecule has 1 aromatic heterocycles. The third-order valence-electron chi connectivity index (χ3n) is 3.06. The molecule has 0 bridgehead atoms. The number of carboxylic acids is 1. The van der Waals surface area contributed by atoms with Crippen LogP contribution in [0, 0.1) is 13.8 Å². The van der Waals surface area contributed by atoms with E-state index in [1.807, 2.05) is 19.9 Å². The molecule has 0 radical (unpaired) electrons. The summed E-state index contributed by atoms with van der Waals surface area (Å²) in [6, 6.07) is 5.34. The number of anilines is 1. The number of benzene rings is 1. The van der Waals surface area contributed by atoms with Crippen molar-refractivity contribution >= 4 is 21.7 Å². The highest BCUT2D eigenvalue weighted by atomic mass is 32.2. The average molecular weight is 323 g/mol. The Labute approximate surface area is 128 Å². The normalized spacial score (nSPS) is 11.4. The number of imidazole rings is 1. The predicted molar refractivity (Wildman–Crippen MR) is 81.3 cm³/mol. The molecule has 1 aromatic carbocycles. The van der Waals surface area contributed by atoms with Crippen LogP contribution in [0.2, 0.25) is 0 Å². The van der Waals surface area contributed by atoms with Gasteiger partial charge in [-0.05, 0) is 37.1 Å². The van der Waals surface area contributed by atoms with Gasteiger partial charge >= 0.3 is 5.97 Å². The molecule has 0 spiro atoms. The second kappa shape index (κ2) is 6.18. The van der Waals surface area contributed by atoms with Crippen LogP contribution in [-0.2, 0) is 14.8 Å². The van der Waals surface area contributed by atoms with Crippen LogP contribution in [0.4, 0.5) is 5.69 Å². The molecular weight excluding hydrogens is 306 g/mol. The van der Waals surface area contributed by atoms with Gasteiger partial charge in [-0.2, -0.15) is 8.42 Å². The van der Waals surface area contributed by atoms with Crippen LogP contribution in [0.1, 0.15) is 17.5 Å². The van der Waals surface area contributed by atoms with Crippen molar-refractivity contribution in [3.63, 3.8) is 0 Å². The first kappa shape index (κ1) is 16.0. The molecule has 22 heavy (non-hydrogen) atoms. The van der Waals surface area contributed by atoms with Crippen LogP contribution in [0.5, 0.6) is 0 Å². The number of rotatable bonds is 6. The SMILES string of the molecule is Cc1cc(C)cc(N(CCC(=O)O)S(=O)(=O)c2cnc[nH]2)c1. The zero-order valence-electron chi connectivity index (χ0n) is 12.3. The molecule has 2 N–H and O–H groups in total. The van der Waals surface area contributed by atoms with Crippen LogP contribution in [0.3, 0.4) is 0 Å². The van der Waals surface area contributed by atoms with Gasteiger partial charge in [0.1, 0.15) is 0 Å². The Hall–Kier alpha value is -2.35. The predicted octanol–water partition coefficient (Wildman–Crippen LogP) is 1.70. The monoisotopic (exact) mass is 323 g/mol. The van der Waals surface area contributed by atoms with E-state index >= 15 is 0 Å². The number of aliphatic carboxylic acids is 1. The minimum Gasteiger partial charge on any atom is -0.481 e. The Morgan fingerprint density at radius 1 is 1.27 bits per heavy atom. The second-order valence-corrected chi connectivity index (χ2v) is 6.81. The Bertz CT molecular complexity index is 749. The molecule has 0 aliphatic heterocycles. The molecule has 0 atom stereocenters. The number of carbonyl (C=O) groups is 1. The summed E-state index contributed by atoms with van der Waals surface area (Å²) in [6.07, 6.45) is 2.18. The molecule has 0 saturated heterocycles. The Morgan fingerprint density at radius 2 is 1.91 bits per heavy atom. The number of nitrogens with one attached hydrogen (secondary N) is 1. The van der Waals surface area contributed by atoms with Crippen molar-refractivity contribution in [2.75, 3.05) is 10.8 Å². The Morgan fingerprint density at radius 3 is 2.41 bits per heavy atom. The number of hydrogen-bond donors (Lipinski definition) is 2. The molecule has 0 fully saturated rings. The van der Waals surface area contributed by atoms with Gasteiger partial charge in [0, 0.05) is 6.54 Å². The van der Waals surface area contributed by atoms with Crippen molar-refractivity contribution in [2.45, 2.75) is 25.3 Å². The molecule has 2 aromatic rings. The fourth-order valence-corrected chi connectivity index (χ4v) is 3.53. The molecule has 8 heteroatoms. The molecule has 7 nitrogen and oxygen atoms in total. The van der Waals surface area contributed by atoms with E-state index in [2.05, 4.69) is 9.97 Å². The van der Waals surface area contributed by atoms with E-state index < -0.39 is 16.0 Å². The third-order valence-corrected chi connectivity index (χ3v) is 4.82. The highest BCUT2D eigenvalue weighted by Gasteiger charge is 2.27. The van der Waals surface area contributed by atoms with E-state index in [0.717, 1.165) is 15.4 Å². The van der Waals surface area contributed by atoms with Gasteiger partial charge in [0.15, 0.2) is 5.03 Å². The molecule has 0 aliphatic rings. The molecule has 0 amide bonds. The fourth-order valence-electron chi connectivity index (χ4n) is 2.18. The highest BCUT2D eigenvalue weighted by molar-refractivity contribution is 7.92. The maximum Gasteiger partial charge on any atom is 0.305 e. The molecule has 0 saturated carbocycles. The van der Waals surface area contributed by atoms with Gasteiger partial charge in [0.2, 0.25) is 0 Å². The lowest BCUT2D eigenvalue weighted by Crippen LogP contribution is -2.33. The lowest BCUT2D eigenvalue weighted by Gasteiger charge is -2.23. The molecule has 2 rings (SSSR count). The summed E-state index contributed by atoms with van der Waals surface area (Å²) >= 11 is 0. The third kappa shape index (κ3) is 3.45. The maximum atomic E-state index is 12.7. The first-order chi connectivity index (χ1) is 10.3. The van der Waals surface area contributed by atoms with Crippen molar-refractivity contribution < 1.29 is 18.3 Å². The summed E-state index contributed by atoms with van der Waals surface area (Å²) in [4.78, 5) is 17.1. The summed E-state index contributed by atoms with van der Waals surface area (Å²) in [5.41, 5.74) is 2.23. The van der Waals surface area contributed by atoms with Gasteiger partial charge in [-0.1, -0.05) is 6.07 Å². The minimum absolute atomic E-state index is 0.0722. The average Bonchev–Trinajstić information content (AvgIpc) is 2.91. The first-order valence-electron chi connectivity index (χ1n) is 6.62. The van der Waals surface area contributed by atoms with Gasteiger partial charge in [0.05, 0.1) is 24.6 Å². The summed E-state index contributed by atoms with van der Waals surface area (Å²) in [6.45, 7) is 3.56. The summed E-state index contributed by atoms with van der Waals surface area (Å²) in [7, 11) is -3.89. The van der Waals surface area contributed by atoms with E-state index in [4.69, 9.17) is 5.11 Å². The summed E-state index contributed by atoms with van der Waals surface area (Å²) in [5.74, 6) is -1.06. The second-order valence-electron chi connectivity index (χ2n) is 4.98. The number of H-pyrrole nitrogens is 1. The van der Waals surface area contributed by atoms with Gasteiger partial charge in [-0.3, -0.25) is 9.10 Å². The fraction of sp³-hybridized carbons (Fsp3) is 0.286. The molecular formula is C14H17N3O4S. The molecule has 0 unspecified atom stereocenters. The lowest BCUT2D eigenvalue weighted by molar-refractivity contribution is -0.136. The Balaban J connectivity index is 2.49. The highest BCUT2D eigenvalue weighted by Crippen LogP contribution is 2.25. The quantitative estimate of drug-likeness (QED) is 0.842. The summed E-state index contributed by atoms with van der Waals surface area (Å²) < 4.78 is 26.5. The number of aryl methyl sites for hydroxylation is 2. The minimum atomic E-state index is -3.89. The van der Waals surface area contributed by atoms with E-state index in [0.29, 0.717) is 5.69 Å². The molecule has 1 heterocycles. The lowest BCUT2D eigenvalue weighted by atomic mass is 10.1. The number of aromatic nitrogens is 2. The largest absolute Gasteiger partial charge is 0.481 e. The first-order valence-corrected chi connectivity index (χ1v) is 8.06. The van der Waals surface area contributed by atoms with Crippen molar-refractivity contribution in [1.29, 1.82) is 0 Å². The van der Waals surface area contributed by atoms with Crippen molar-refractivity contribution in [3.05, 3.63) is 41.9 Å². The van der Waals surface area contributed by atoms with E-state index in [9.17, 15) is 13.2 Å². The van der Waals surface area contributed by atoms with E-state index in [1.165, 1.54) is 12.5 Å². The van der Waals surface area contributed by atoms with E-state index in [1.54, 1.807) is 12.1 Å². The topological polar surface area (TPSA) is 103 Å². The van der Waals surface area contributed by atoms with Crippen LogP contribution < -0.4 is 4.31 Å². The van der Waals surface area contributed by atoms with Crippen molar-refractivity contribution in [1.82, 2.24) is 9.97 Å². The van der Waals surface area contributed by atoms with Crippen LogP contribution in [0.15, 0.2) is 35.7 Å². The van der Waals surface area contributed by atoms with Crippen LogP contribution >= 0.6 is 0 Å². The number of carboxylic acid groups (broad SMARTS) is 1. The zero-order valence-corrected chi connectivity index (χ0v) is 13.1. The smallest absolute Gasteiger partial charge is 0.305 e. The van der Waals surface area contributed by atoms with Crippen molar-refractivity contribution in [2.24, 2.45) is 0 Å². The summed E-state index contributed by atoms with van der Waals surface area (Å²) in [5, 5.41) is 8.80. The van der Waals surface area contributed by atoms with E-state index in [-0.39, 0.29) is 18.0 Å². The van der Waals surface area contributed by atoms with Gasteiger partial charge in [-0.15, -0.1) is 0 Å². The number of nitrogens with zero attached hydrogens (tertiary/aromatic N) is 2. The van der Waals surface area contributed by atoms with Crippen LogP contribution in [-0.4, -0.2) is 36.0 Å². The van der Waals surface area contributed by atoms with Crippen molar-refractivity contribution in [3.8, 4) is 0 Å². The number of aromatic amines is 1. The number of hydrogen-bond acceptors (Lipinski definition) is 4. The molecule has 118 valence electrons. The van der Waals surface area contributed by atoms with Gasteiger partial charge < -0.3 is 10.1 Å².